The van der Waals surface area contributed by atoms with Gasteiger partial charge in [0.1, 0.15) is 15.8 Å². The maximum absolute atomic E-state index is 9.54. The van der Waals surface area contributed by atoms with Gasteiger partial charge in [0, 0.05) is 16.7 Å². The van der Waals surface area contributed by atoms with Gasteiger partial charge in [-0.2, -0.15) is 0 Å². The molecule has 0 radical (unpaired) electrons. The number of hydrogen-bond donors (Lipinski definition) is 1. The van der Waals surface area contributed by atoms with Gasteiger partial charge in [-0.25, -0.2) is 0 Å². The fourth-order valence-corrected chi connectivity index (χ4v) is 3.82. The molecule has 0 atom stereocenters. The number of rotatable bonds is 3. The Morgan fingerprint density at radius 2 is 1.68 bits per heavy atom. The molecule has 0 aliphatic heterocycles. The van der Waals surface area contributed by atoms with E-state index >= 15 is 0 Å². The van der Waals surface area contributed by atoms with Crippen molar-refractivity contribution >= 4 is 34.5 Å². The van der Waals surface area contributed by atoms with Crippen LogP contribution in [0.25, 0.3) is 33.7 Å². The van der Waals surface area contributed by atoms with Crippen molar-refractivity contribution in [3.8, 4) is 39.5 Å². The minimum Gasteiger partial charge on any atom is -0.508 e. The van der Waals surface area contributed by atoms with Gasteiger partial charge in [0.05, 0.1) is 10.6 Å². The molecule has 2 aromatic heterocycles. The first-order valence-electron chi connectivity index (χ1n) is 7.42. The van der Waals surface area contributed by atoms with Gasteiger partial charge in [0.15, 0.2) is 5.76 Å². The molecule has 0 spiro atoms. The summed E-state index contributed by atoms with van der Waals surface area (Å²) in [5, 5.41) is 16.3. The van der Waals surface area contributed by atoms with Gasteiger partial charge >= 0.3 is 0 Å². The molecule has 0 saturated carbocycles. The molecule has 0 bridgehead atoms. The molecular weight excluding hydrogens is 377 g/mol. The van der Waals surface area contributed by atoms with Crippen molar-refractivity contribution in [2.75, 3.05) is 0 Å². The van der Waals surface area contributed by atoms with Crippen LogP contribution in [0, 0.1) is 0 Å². The minimum atomic E-state index is 0.185. The topological polar surface area (TPSA) is 46.3 Å². The molecule has 0 fully saturated rings. The molecule has 2 heterocycles. The third kappa shape index (κ3) is 2.93. The summed E-state index contributed by atoms with van der Waals surface area (Å²) < 4.78 is 6.32. The maximum atomic E-state index is 9.54. The van der Waals surface area contributed by atoms with Crippen LogP contribution in [0.5, 0.6) is 5.75 Å². The Morgan fingerprint density at radius 3 is 2.36 bits per heavy atom. The van der Waals surface area contributed by atoms with E-state index in [4.69, 9.17) is 27.7 Å². The zero-order valence-corrected chi connectivity index (χ0v) is 15.1. The third-order valence-corrected chi connectivity index (χ3v) is 5.34. The lowest BCUT2D eigenvalue weighted by atomic mass is 9.98. The van der Waals surface area contributed by atoms with Gasteiger partial charge in [0.2, 0.25) is 0 Å². The van der Waals surface area contributed by atoms with E-state index in [0.29, 0.717) is 20.8 Å². The second-order valence-electron chi connectivity index (χ2n) is 5.37. The second kappa shape index (κ2) is 6.56. The Morgan fingerprint density at radius 1 is 0.920 bits per heavy atom. The van der Waals surface area contributed by atoms with Gasteiger partial charge < -0.3 is 9.63 Å². The van der Waals surface area contributed by atoms with Crippen LogP contribution in [-0.2, 0) is 0 Å². The summed E-state index contributed by atoms with van der Waals surface area (Å²) in [5.74, 6) is 0.764. The first-order chi connectivity index (χ1) is 12.1. The number of hydrogen-bond acceptors (Lipinski definition) is 4. The number of phenols is 1. The number of nitrogens with zero attached hydrogens (tertiary/aromatic N) is 1. The van der Waals surface area contributed by atoms with Crippen LogP contribution >= 0.6 is 34.5 Å². The van der Waals surface area contributed by atoms with Crippen molar-refractivity contribution in [1.29, 1.82) is 0 Å². The smallest absolute Gasteiger partial charge is 0.175 e. The Balaban J connectivity index is 1.99. The largest absolute Gasteiger partial charge is 0.508 e. The molecule has 4 aromatic rings. The normalized spacial score (nSPS) is 11.0. The lowest BCUT2D eigenvalue weighted by Crippen LogP contribution is -1.85. The number of aromatic hydroxyl groups is 1. The van der Waals surface area contributed by atoms with Crippen molar-refractivity contribution < 1.29 is 9.63 Å². The summed E-state index contributed by atoms with van der Waals surface area (Å²) in [7, 11) is 0. The SMILES string of the molecule is Oc1ccc(-c2onc(-c3ccccc3Cl)c2-c2ccsc2Cl)cc1. The Hall–Kier alpha value is -2.27. The molecule has 0 amide bonds. The number of phenolic OH excluding ortho intramolecular Hbond substituents is 1. The molecule has 1 N–H and O–H groups in total. The number of aromatic nitrogens is 1. The first-order valence-corrected chi connectivity index (χ1v) is 9.06. The van der Waals surface area contributed by atoms with Crippen LogP contribution in [-0.4, -0.2) is 10.3 Å². The van der Waals surface area contributed by atoms with Gasteiger partial charge in [0.25, 0.3) is 0 Å². The molecule has 0 aliphatic carbocycles. The lowest BCUT2D eigenvalue weighted by molar-refractivity contribution is 0.435. The number of benzene rings is 2. The van der Waals surface area contributed by atoms with E-state index in [9.17, 15) is 5.11 Å². The molecular formula is C19H11Cl2NO2S. The highest BCUT2D eigenvalue weighted by atomic mass is 35.5. The van der Waals surface area contributed by atoms with Crippen LogP contribution in [0.4, 0.5) is 0 Å². The third-order valence-electron chi connectivity index (χ3n) is 3.84. The number of thiophene rings is 1. The van der Waals surface area contributed by atoms with E-state index in [-0.39, 0.29) is 5.75 Å². The average molecular weight is 388 g/mol. The minimum absolute atomic E-state index is 0.185. The molecule has 25 heavy (non-hydrogen) atoms. The first kappa shape index (κ1) is 16.2. The van der Waals surface area contributed by atoms with E-state index in [0.717, 1.165) is 22.3 Å². The predicted molar refractivity (Wildman–Crippen MR) is 102 cm³/mol. The summed E-state index contributed by atoms with van der Waals surface area (Å²) in [6.07, 6.45) is 0. The molecule has 0 unspecified atom stereocenters. The van der Waals surface area contributed by atoms with Crippen molar-refractivity contribution in [2.24, 2.45) is 0 Å². The molecule has 124 valence electrons. The molecule has 2 aromatic carbocycles. The lowest BCUT2D eigenvalue weighted by Gasteiger charge is -2.05. The highest BCUT2D eigenvalue weighted by Crippen LogP contribution is 2.45. The zero-order valence-electron chi connectivity index (χ0n) is 12.7. The maximum Gasteiger partial charge on any atom is 0.175 e. The van der Waals surface area contributed by atoms with Crippen LogP contribution in [0.15, 0.2) is 64.5 Å². The Kier molecular flexibility index (Phi) is 4.25. The van der Waals surface area contributed by atoms with Crippen LogP contribution in [0.3, 0.4) is 0 Å². The Bertz CT molecular complexity index is 1040. The predicted octanol–water partition coefficient (Wildman–Crippen LogP) is 6.75. The van der Waals surface area contributed by atoms with Gasteiger partial charge in [-0.05, 0) is 41.8 Å². The fourth-order valence-electron chi connectivity index (χ4n) is 2.66. The van der Waals surface area contributed by atoms with Crippen LogP contribution < -0.4 is 0 Å². The van der Waals surface area contributed by atoms with Crippen molar-refractivity contribution in [1.82, 2.24) is 5.16 Å². The van der Waals surface area contributed by atoms with E-state index in [1.165, 1.54) is 11.3 Å². The standard InChI is InChI=1S/C19H11Cl2NO2S/c20-15-4-2-1-3-13(15)17-16(14-9-10-25-19(14)21)18(24-22-17)11-5-7-12(23)8-6-11/h1-10,23H. The van der Waals surface area contributed by atoms with Crippen LogP contribution in [0.1, 0.15) is 0 Å². The van der Waals surface area contributed by atoms with Gasteiger partial charge in [-0.15, -0.1) is 11.3 Å². The van der Waals surface area contributed by atoms with Crippen molar-refractivity contribution in [3.63, 3.8) is 0 Å². The second-order valence-corrected chi connectivity index (χ2v) is 7.30. The molecule has 3 nitrogen and oxygen atoms in total. The van der Waals surface area contributed by atoms with E-state index < -0.39 is 0 Å². The average Bonchev–Trinajstić information content (AvgIpc) is 3.22. The molecule has 0 aliphatic rings. The van der Waals surface area contributed by atoms with Crippen molar-refractivity contribution in [2.45, 2.75) is 0 Å². The Labute approximate surface area is 158 Å². The highest BCUT2D eigenvalue weighted by Gasteiger charge is 2.24. The number of halogens is 2. The monoisotopic (exact) mass is 387 g/mol. The summed E-state index contributed by atoms with van der Waals surface area (Å²) in [4.78, 5) is 0. The summed E-state index contributed by atoms with van der Waals surface area (Å²) in [5.41, 5.74) is 3.82. The highest BCUT2D eigenvalue weighted by molar-refractivity contribution is 7.15. The quantitative estimate of drug-likeness (QED) is 0.422. The molecule has 0 saturated heterocycles. The van der Waals surface area contributed by atoms with Crippen molar-refractivity contribution in [3.05, 3.63) is 69.3 Å². The molecule has 4 rings (SSSR count). The summed E-state index contributed by atoms with van der Waals surface area (Å²) in [6, 6.07) is 16.2. The van der Waals surface area contributed by atoms with E-state index in [1.807, 2.05) is 35.7 Å². The van der Waals surface area contributed by atoms with Crippen LogP contribution in [0.2, 0.25) is 9.36 Å². The zero-order chi connectivity index (χ0) is 17.4. The summed E-state index contributed by atoms with van der Waals surface area (Å²) in [6.45, 7) is 0. The molecule has 6 heteroatoms. The van der Waals surface area contributed by atoms with Gasteiger partial charge in [-0.3, -0.25) is 0 Å². The van der Waals surface area contributed by atoms with E-state index in [1.54, 1.807) is 24.3 Å². The van der Waals surface area contributed by atoms with Gasteiger partial charge in [-0.1, -0.05) is 46.6 Å². The summed E-state index contributed by atoms with van der Waals surface area (Å²) >= 11 is 14.2. The van der Waals surface area contributed by atoms with E-state index in [2.05, 4.69) is 5.16 Å². The fraction of sp³-hybridized carbons (Fsp3) is 0.